The van der Waals surface area contributed by atoms with E-state index in [0.29, 0.717) is 29.1 Å². The molecule has 0 saturated heterocycles. The summed E-state index contributed by atoms with van der Waals surface area (Å²) in [6, 6.07) is 8.93. The molecular weight excluding hydrogens is 284 g/mol. The van der Waals surface area contributed by atoms with E-state index in [4.69, 9.17) is 9.37 Å². The number of rotatable bonds is 1. The van der Waals surface area contributed by atoms with Crippen LogP contribution in [0.15, 0.2) is 41.2 Å². The van der Waals surface area contributed by atoms with Crippen molar-refractivity contribution >= 4 is 22.5 Å². The van der Waals surface area contributed by atoms with Crippen molar-refractivity contribution in [1.82, 2.24) is 10.3 Å². The normalized spacial score (nSPS) is 16.4. The monoisotopic (exact) mass is 298 g/mol. The molecule has 1 aliphatic rings. The number of ether oxygens (including phenoxy) is 1. The summed E-state index contributed by atoms with van der Waals surface area (Å²) in [7, 11) is 0. The summed E-state index contributed by atoms with van der Waals surface area (Å²) < 4.78 is 11.6. The molecule has 7 nitrogen and oxygen atoms in total. The molecule has 0 radical (unpaired) electrons. The lowest BCUT2D eigenvalue weighted by molar-refractivity contribution is -0.592. The Kier molecular flexibility index (Phi) is 2.53. The van der Waals surface area contributed by atoms with Gasteiger partial charge in [0.1, 0.15) is 23.2 Å². The molecule has 0 aliphatic carbocycles. The summed E-state index contributed by atoms with van der Waals surface area (Å²) in [6.07, 6.45) is 1.48. The van der Waals surface area contributed by atoms with Crippen molar-refractivity contribution in [3.63, 3.8) is 0 Å². The van der Waals surface area contributed by atoms with Crippen LogP contribution in [0.4, 0.5) is 11.5 Å². The quantitative estimate of drug-likeness (QED) is 0.506. The van der Waals surface area contributed by atoms with Crippen molar-refractivity contribution < 1.29 is 14.1 Å². The zero-order valence-electron chi connectivity index (χ0n) is 12.2. The second-order valence-electron chi connectivity index (χ2n) is 5.91. The second kappa shape index (κ2) is 4.33. The summed E-state index contributed by atoms with van der Waals surface area (Å²) >= 11 is 0. The molecular formula is C15H14N4O3. The summed E-state index contributed by atoms with van der Waals surface area (Å²) in [5, 5.41) is 19.8. The minimum Gasteiger partial charge on any atom is -0.711 e. The zero-order chi connectivity index (χ0) is 15.3. The molecule has 22 heavy (non-hydrogen) atoms. The van der Waals surface area contributed by atoms with Gasteiger partial charge in [0, 0.05) is 18.2 Å². The molecule has 0 spiro atoms. The van der Waals surface area contributed by atoms with Crippen LogP contribution in [-0.4, -0.2) is 22.5 Å². The third-order valence-corrected chi connectivity index (χ3v) is 3.63. The van der Waals surface area contributed by atoms with Gasteiger partial charge in [-0.25, -0.2) is 14.3 Å². The van der Waals surface area contributed by atoms with Gasteiger partial charge in [-0.1, -0.05) is 6.07 Å². The lowest BCUT2D eigenvalue weighted by Crippen LogP contribution is -2.48. The summed E-state index contributed by atoms with van der Waals surface area (Å²) in [5.74, 6) is 1.19. The van der Waals surface area contributed by atoms with Gasteiger partial charge >= 0.3 is 0 Å². The number of anilines is 2. The van der Waals surface area contributed by atoms with E-state index in [2.05, 4.69) is 10.3 Å². The Hall–Kier alpha value is -2.83. The highest BCUT2D eigenvalue weighted by Gasteiger charge is 2.39. The van der Waals surface area contributed by atoms with Crippen LogP contribution in [0.5, 0.6) is 5.75 Å². The maximum Gasteiger partial charge on any atom is 0.285 e. The molecule has 112 valence electrons. The molecule has 7 heteroatoms. The van der Waals surface area contributed by atoms with E-state index in [-0.39, 0.29) is 0 Å². The first-order valence-electron chi connectivity index (χ1n) is 6.95. The molecule has 3 heterocycles. The molecule has 1 aliphatic heterocycles. The number of fused-ring (bicyclic) bond motifs is 2. The lowest BCUT2D eigenvalue weighted by atomic mass is 10.0. The highest BCUT2D eigenvalue weighted by molar-refractivity contribution is 5.84. The number of hydrogen-bond donors (Lipinski definition) is 0. The van der Waals surface area contributed by atoms with E-state index in [1.165, 1.54) is 6.20 Å². The smallest absolute Gasteiger partial charge is 0.285 e. The molecule has 0 amide bonds. The molecule has 0 saturated carbocycles. The summed E-state index contributed by atoms with van der Waals surface area (Å²) in [6.45, 7) is 4.50. The van der Waals surface area contributed by atoms with Crippen LogP contribution in [0.1, 0.15) is 13.8 Å². The average molecular weight is 298 g/mol. The Morgan fingerprint density at radius 2 is 2.00 bits per heavy atom. The zero-order valence-corrected chi connectivity index (χ0v) is 12.2. The minimum atomic E-state index is -0.444. The van der Waals surface area contributed by atoms with E-state index in [1.54, 1.807) is 18.2 Å². The van der Waals surface area contributed by atoms with Gasteiger partial charge in [0.15, 0.2) is 11.4 Å². The highest BCUT2D eigenvalue weighted by atomic mass is 16.6. The van der Waals surface area contributed by atoms with E-state index in [9.17, 15) is 5.21 Å². The van der Waals surface area contributed by atoms with Gasteiger partial charge in [-0.15, -0.1) is 0 Å². The molecule has 0 atom stereocenters. The Labute approximate surface area is 126 Å². The van der Waals surface area contributed by atoms with Crippen LogP contribution in [0, 0.1) is 5.21 Å². The molecule has 0 bridgehead atoms. The van der Waals surface area contributed by atoms with Crippen molar-refractivity contribution in [3.8, 4) is 5.75 Å². The first kappa shape index (κ1) is 12.9. The Balaban J connectivity index is 1.94. The van der Waals surface area contributed by atoms with Crippen LogP contribution in [0.25, 0.3) is 11.0 Å². The van der Waals surface area contributed by atoms with Crippen molar-refractivity contribution in [3.05, 3.63) is 41.7 Å². The van der Waals surface area contributed by atoms with Gasteiger partial charge in [0.2, 0.25) is 0 Å². The van der Waals surface area contributed by atoms with Crippen molar-refractivity contribution in [2.45, 2.75) is 19.4 Å². The van der Waals surface area contributed by atoms with Gasteiger partial charge in [-0.2, -0.15) is 0 Å². The van der Waals surface area contributed by atoms with Crippen LogP contribution in [0.3, 0.4) is 0 Å². The van der Waals surface area contributed by atoms with Gasteiger partial charge in [-0.3, -0.25) is 0 Å². The highest BCUT2D eigenvalue weighted by Crippen LogP contribution is 2.41. The van der Waals surface area contributed by atoms with Gasteiger partial charge in [-0.05, 0) is 30.2 Å². The fourth-order valence-corrected chi connectivity index (χ4v) is 2.72. The minimum absolute atomic E-state index is 0.444. The SMILES string of the molecule is CC1(C)CN(c2cccc[n+]2[O-])c2cc3nonc3cc2O1. The van der Waals surface area contributed by atoms with Crippen molar-refractivity contribution in [1.29, 1.82) is 0 Å². The number of pyridine rings is 1. The first-order valence-corrected chi connectivity index (χ1v) is 6.95. The molecule has 2 aromatic heterocycles. The topological polar surface area (TPSA) is 78.3 Å². The molecule has 0 fully saturated rings. The Bertz CT molecular complexity index is 859. The summed E-state index contributed by atoms with van der Waals surface area (Å²) in [4.78, 5) is 1.93. The maximum absolute atomic E-state index is 12.1. The molecule has 4 rings (SSSR count). The van der Waals surface area contributed by atoms with E-state index in [1.807, 2.05) is 30.9 Å². The van der Waals surface area contributed by atoms with Crippen LogP contribution >= 0.6 is 0 Å². The van der Waals surface area contributed by atoms with Gasteiger partial charge < -0.3 is 9.94 Å². The van der Waals surface area contributed by atoms with Crippen molar-refractivity contribution in [2.75, 3.05) is 11.4 Å². The van der Waals surface area contributed by atoms with Crippen LogP contribution in [0.2, 0.25) is 0 Å². The Morgan fingerprint density at radius 1 is 1.23 bits per heavy atom. The number of hydrogen-bond acceptors (Lipinski definition) is 6. The van der Waals surface area contributed by atoms with Crippen LogP contribution in [-0.2, 0) is 0 Å². The second-order valence-corrected chi connectivity index (χ2v) is 5.91. The number of nitrogens with zero attached hydrogens (tertiary/aromatic N) is 4. The largest absolute Gasteiger partial charge is 0.711 e. The number of aromatic nitrogens is 3. The van der Waals surface area contributed by atoms with E-state index >= 15 is 0 Å². The molecule has 0 unspecified atom stereocenters. The summed E-state index contributed by atoms with van der Waals surface area (Å²) in [5.41, 5.74) is 1.58. The first-order chi connectivity index (χ1) is 10.5. The maximum atomic E-state index is 12.1. The molecule has 0 N–H and O–H groups in total. The molecule has 1 aromatic carbocycles. The third kappa shape index (κ3) is 1.93. The lowest BCUT2D eigenvalue weighted by Gasteiger charge is -2.36. The van der Waals surface area contributed by atoms with Crippen LogP contribution < -0.4 is 14.4 Å². The van der Waals surface area contributed by atoms with E-state index in [0.717, 1.165) is 10.4 Å². The predicted octanol–water partition coefficient (Wildman–Crippen LogP) is 2.17. The predicted molar refractivity (Wildman–Crippen MR) is 78.9 cm³/mol. The van der Waals surface area contributed by atoms with E-state index < -0.39 is 5.60 Å². The number of benzene rings is 1. The van der Waals surface area contributed by atoms with Gasteiger partial charge in [0.05, 0.1) is 6.20 Å². The molecule has 3 aromatic rings. The average Bonchev–Trinajstić information content (AvgIpc) is 2.91. The van der Waals surface area contributed by atoms with Gasteiger partial charge in [0.25, 0.3) is 5.82 Å². The fourth-order valence-electron chi connectivity index (χ4n) is 2.72. The fraction of sp³-hybridized carbons (Fsp3) is 0.267. The standard InChI is InChI=1S/C15H14N4O3/c1-15(2)9-18(14-5-3-4-6-19(14)20)12-7-10-11(17-22-16-10)8-13(12)21-15/h3-8H,9H2,1-2H3. The Morgan fingerprint density at radius 3 is 2.77 bits per heavy atom. The third-order valence-electron chi connectivity index (χ3n) is 3.63. The van der Waals surface area contributed by atoms with Crippen molar-refractivity contribution in [2.24, 2.45) is 0 Å².